The molecule has 0 bridgehead atoms. The molecule has 3 amide bonds. The minimum Gasteiger partial charge on any atom is -0.486 e. The molecule has 0 saturated carbocycles. The Labute approximate surface area is 196 Å². The second-order valence-corrected chi connectivity index (χ2v) is 8.22. The van der Waals surface area contributed by atoms with Gasteiger partial charge < -0.3 is 20.5 Å². The van der Waals surface area contributed by atoms with Gasteiger partial charge in [0.15, 0.2) is 11.5 Å². The molecule has 0 aliphatic carbocycles. The molecule has 2 aliphatic heterocycles. The lowest BCUT2D eigenvalue weighted by Crippen LogP contribution is -2.33. The van der Waals surface area contributed by atoms with Crippen molar-refractivity contribution in [2.24, 2.45) is 5.73 Å². The number of amides is 3. The van der Waals surface area contributed by atoms with Crippen molar-refractivity contribution in [3.05, 3.63) is 76.9 Å². The molecule has 172 valence electrons. The van der Waals surface area contributed by atoms with Crippen LogP contribution in [0.3, 0.4) is 0 Å². The van der Waals surface area contributed by atoms with Gasteiger partial charge in [0.2, 0.25) is 5.91 Å². The summed E-state index contributed by atoms with van der Waals surface area (Å²) >= 11 is 0. The first-order valence-electron chi connectivity index (χ1n) is 11.0. The zero-order valence-electron chi connectivity index (χ0n) is 18.6. The molecule has 0 atom stereocenters. The molecule has 2 heterocycles. The van der Waals surface area contributed by atoms with E-state index in [-0.39, 0.29) is 17.4 Å². The highest BCUT2D eigenvalue weighted by Crippen LogP contribution is 2.39. The summed E-state index contributed by atoms with van der Waals surface area (Å²) in [4.78, 5) is 39.6. The number of hydrogen-bond acceptors (Lipinski definition) is 5. The topological polar surface area (TPSA) is 111 Å². The predicted octanol–water partition coefficient (Wildman–Crippen LogP) is 3.73. The van der Waals surface area contributed by atoms with Gasteiger partial charge in [-0.05, 0) is 60.9 Å². The van der Waals surface area contributed by atoms with Crippen LogP contribution in [0.25, 0.3) is 0 Å². The molecule has 0 spiro atoms. The molecule has 0 radical (unpaired) electrons. The van der Waals surface area contributed by atoms with Gasteiger partial charge in [0.25, 0.3) is 11.8 Å². The zero-order chi connectivity index (χ0) is 23.8. The second kappa shape index (κ2) is 8.55. The molecule has 0 aromatic heterocycles. The minimum atomic E-state index is -0.600. The van der Waals surface area contributed by atoms with E-state index >= 15 is 0 Å². The number of hydrogen-bond donors (Lipinski definition) is 2. The Morgan fingerprint density at radius 1 is 0.971 bits per heavy atom. The number of carbonyl (C=O) groups excluding carboxylic acids is 3. The van der Waals surface area contributed by atoms with E-state index in [4.69, 9.17) is 15.2 Å². The molecule has 2 aliphatic rings. The van der Waals surface area contributed by atoms with Crippen LogP contribution in [-0.4, -0.2) is 30.9 Å². The Bertz CT molecular complexity index is 1330. The van der Waals surface area contributed by atoms with E-state index in [0.717, 1.165) is 11.1 Å². The van der Waals surface area contributed by atoms with Gasteiger partial charge in [-0.25, -0.2) is 0 Å². The summed E-state index contributed by atoms with van der Waals surface area (Å²) in [6, 6.07) is 15.6. The maximum Gasteiger partial charge on any atom is 0.255 e. The molecule has 8 nitrogen and oxygen atoms in total. The summed E-state index contributed by atoms with van der Waals surface area (Å²) in [5.41, 5.74) is 9.61. The van der Waals surface area contributed by atoms with Crippen LogP contribution in [-0.2, 0) is 11.2 Å². The minimum absolute atomic E-state index is 0.139. The van der Waals surface area contributed by atoms with E-state index in [1.54, 1.807) is 42.5 Å². The van der Waals surface area contributed by atoms with Gasteiger partial charge in [-0.15, -0.1) is 0 Å². The van der Waals surface area contributed by atoms with Crippen LogP contribution in [0.5, 0.6) is 11.5 Å². The van der Waals surface area contributed by atoms with Crippen LogP contribution in [0.15, 0.2) is 54.6 Å². The quantitative estimate of drug-likeness (QED) is 0.620. The van der Waals surface area contributed by atoms with Gasteiger partial charge in [0.05, 0.1) is 16.9 Å². The highest BCUT2D eigenvalue weighted by atomic mass is 16.6. The lowest BCUT2D eigenvalue weighted by Gasteiger charge is -2.32. The van der Waals surface area contributed by atoms with Crippen molar-refractivity contribution >= 4 is 34.8 Å². The maximum absolute atomic E-state index is 13.0. The van der Waals surface area contributed by atoms with E-state index in [9.17, 15) is 14.4 Å². The third kappa shape index (κ3) is 3.83. The van der Waals surface area contributed by atoms with Crippen LogP contribution in [0.2, 0.25) is 0 Å². The van der Waals surface area contributed by atoms with E-state index in [1.165, 1.54) is 4.90 Å². The fraction of sp³-hybridized carbons (Fsp3) is 0.192. The third-order valence-corrected chi connectivity index (χ3v) is 5.98. The number of rotatable bonds is 4. The molecule has 8 heteroatoms. The lowest BCUT2D eigenvalue weighted by molar-refractivity contribution is -0.118. The predicted molar refractivity (Wildman–Crippen MR) is 127 cm³/mol. The largest absolute Gasteiger partial charge is 0.486 e. The SMILES string of the molecule is Cc1ccc(NC(=O)c2ccc3c(c2)OCCO3)cc1N1C(=O)CCc2cccc(C(N)=O)c21. The number of benzene rings is 3. The first-order chi connectivity index (χ1) is 16.4. The number of aryl methyl sites for hydroxylation is 2. The second-order valence-electron chi connectivity index (χ2n) is 8.22. The van der Waals surface area contributed by atoms with Gasteiger partial charge in [0.1, 0.15) is 13.2 Å². The van der Waals surface area contributed by atoms with E-state index in [1.807, 2.05) is 19.1 Å². The highest BCUT2D eigenvalue weighted by molar-refractivity contribution is 6.11. The van der Waals surface area contributed by atoms with Crippen molar-refractivity contribution in [2.45, 2.75) is 19.8 Å². The number of nitrogens with zero attached hydrogens (tertiary/aromatic N) is 1. The van der Waals surface area contributed by atoms with Gasteiger partial charge in [-0.2, -0.15) is 0 Å². The summed E-state index contributed by atoms with van der Waals surface area (Å²) in [6.45, 7) is 2.77. The van der Waals surface area contributed by atoms with Crippen LogP contribution < -0.4 is 25.4 Å². The fourth-order valence-corrected chi connectivity index (χ4v) is 4.30. The molecule has 0 unspecified atom stereocenters. The molecule has 3 N–H and O–H groups in total. The van der Waals surface area contributed by atoms with E-state index in [2.05, 4.69) is 5.32 Å². The molecule has 0 saturated heterocycles. The Kier molecular flexibility index (Phi) is 5.41. The number of primary amides is 1. The fourth-order valence-electron chi connectivity index (χ4n) is 4.30. The number of nitrogens with one attached hydrogen (secondary N) is 1. The number of para-hydroxylation sites is 1. The van der Waals surface area contributed by atoms with Gasteiger partial charge >= 0.3 is 0 Å². The number of nitrogens with two attached hydrogens (primary N) is 1. The smallest absolute Gasteiger partial charge is 0.255 e. The average molecular weight is 457 g/mol. The van der Waals surface area contributed by atoms with Crippen molar-refractivity contribution in [1.82, 2.24) is 0 Å². The Morgan fingerprint density at radius 3 is 2.56 bits per heavy atom. The van der Waals surface area contributed by atoms with Crippen LogP contribution in [0.1, 0.15) is 38.3 Å². The molecule has 3 aromatic rings. The molecular weight excluding hydrogens is 434 g/mol. The highest BCUT2D eigenvalue weighted by Gasteiger charge is 2.30. The third-order valence-electron chi connectivity index (χ3n) is 5.98. The molecule has 3 aromatic carbocycles. The monoisotopic (exact) mass is 457 g/mol. The molecular formula is C26H23N3O5. The van der Waals surface area contributed by atoms with Crippen LogP contribution in [0, 0.1) is 6.92 Å². The van der Waals surface area contributed by atoms with Crippen LogP contribution >= 0.6 is 0 Å². The number of anilines is 3. The van der Waals surface area contributed by atoms with Gasteiger partial charge in [-0.3, -0.25) is 19.3 Å². The summed E-state index contributed by atoms with van der Waals surface area (Å²) in [5, 5.41) is 2.88. The number of ether oxygens (including phenoxy) is 2. The van der Waals surface area contributed by atoms with Crippen molar-refractivity contribution < 1.29 is 23.9 Å². The van der Waals surface area contributed by atoms with E-state index < -0.39 is 5.91 Å². The van der Waals surface area contributed by atoms with Gasteiger partial charge in [-0.1, -0.05) is 18.2 Å². The normalized spacial score (nSPS) is 14.4. The Balaban J connectivity index is 1.49. The Morgan fingerprint density at radius 2 is 1.76 bits per heavy atom. The van der Waals surface area contributed by atoms with Crippen LogP contribution in [0.4, 0.5) is 17.1 Å². The van der Waals surface area contributed by atoms with Crippen molar-refractivity contribution in [1.29, 1.82) is 0 Å². The summed E-state index contributed by atoms with van der Waals surface area (Å²) in [5.74, 6) is 0.0674. The first-order valence-corrected chi connectivity index (χ1v) is 11.0. The number of carbonyl (C=O) groups is 3. The first kappa shape index (κ1) is 21.5. The molecule has 5 rings (SSSR count). The van der Waals surface area contributed by atoms with E-state index in [0.29, 0.717) is 60.2 Å². The lowest BCUT2D eigenvalue weighted by atomic mass is 9.95. The Hall–Kier alpha value is -4.33. The van der Waals surface area contributed by atoms with Crippen molar-refractivity contribution in [3.63, 3.8) is 0 Å². The number of fused-ring (bicyclic) bond motifs is 2. The van der Waals surface area contributed by atoms with Crippen molar-refractivity contribution in [2.75, 3.05) is 23.4 Å². The molecule has 0 fully saturated rings. The summed E-state index contributed by atoms with van der Waals surface area (Å²) < 4.78 is 11.1. The molecule has 34 heavy (non-hydrogen) atoms. The zero-order valence-corrected chi connectivity index (χ0v) is 18.6. The standard InChI is InChI=1S/C26H23N3O5/c1-15-5-8-18(28-26(32)17-6-9-21-22(13-17)34-12-11-33-21)14-20(15)29-23(30)10-7-16-3-2-4-19(24(16)29)25(27)31/h2-6,8-9,13-14H,7,10-12H2,1H3,(H2,27,31)(H,28,32). The average Bonchev–Trinajstić information content (AvgIpc) is 2.84. The van der Waals surface area contributed by atoms with Crippen molar-refractivity contribution in [3.8, 4) is 11.5 Å². The maximum atomic E-state index is 13.0. The van der Waals surface area contributed by atoms with Gasteiger partial charge in [0, 0.05) is 17.7 Å². The summed E-state index contributed by atoms with van der Waals surface area (Å²) in [6.07, 6.45) is 0.841. The summed E-state index contributed by atoms with van der Waals surface area (Å²) in [7, 11) is 0.